The largest absolute Gasteiger partial charge is 0.280 e. The Balaban J connectivity index is 2.91. The third-order valence-electron chi connectivity index (χ3n) is 1.70. The molecular formula is C9H12N2OS. The first-order valence-corrected chi connectivity index (χ1v) is 5.35. The summed E-state index contributed by atoms with van der Waals surface area (Å²) in [5.41, 5.74) is 1.23. The Morgan fingerprint density at radius 3 is 2.69 bits per heavy atom. The van der Waals surface area contributed by atoms with Crippen molar-refractivity contribution in [2.24, 2.45) is 9.98 Å². The van der Waals surface area contributed by atoms with Crippen LogP contribution < -0.4 is 0 Å². The lowest BCUT2D eigenvalue weighted by Gasteiger charge is -2.10. The molecule has 0 radical (unpaired) electrons. The van der Waals surface area contributed by atoms with Crippen LogP contribution in [0, 0.1) is 0 Å². The number of rotatable bonds is 2. The highest BCUT2D eigenvalue weighted by molar-refractivity contribution is 8.13. The van der Waals surface area contributed by atoms with Gasteiger partial charge in [-0.05, 0) is 12.7 Å². The van der Waals surface area contributed by atoms with Crippen LogP contribution in [0.3, 0.4) is 0 Å². The van der Waals surface area contributed by atoms with E-state index >= 15 is 0 Å². The van der Waals surface area contributed by atoms with Crippen molar-refractivity contribution in [3.63, 3.8) is 0 Å². The molecule has 0 aliphatic carbocycles. The molecule has 0 saturated heterocycles. The number of amides is 1. The summed E-state index contributed by atoms with van der Waals surface area (Å²) < 4.78 is 0. The summed E-state index contributed by atoms with van der Waals surface area (Å²) in [5.74, 6) is -0.247. The lowest BCUT2D eigenvalue weighted by molar-refractivity contribution is -0.113. The molecule has 1 amide bonds. The van der Waals surface area contributed by atoms with Crippen LogP contribution in [0.4, 0.5) is 0 Å². The molecule has 1 aliphatic rings. The molecule has 0 spiro atoms. The number of carbonyl (C=O) groups is 1. The molecule has 3 nitrogen and oxygen atoms in total. The van der Waals surface area contributed by atoms with Gasteiger partial charge in [-0.3, -0.25) is 4.79 Å². The summed E-state index contributed by atoms with van der Waals surface area (Å²) in [6.45, 7) is 5.71. The summed E-state index contributed by atoms with van der Waals surface area (Å²) in [6, 6.07) is 0. The summed E-state index contributed by atoms with van der Waals surface area (Å²) in [5, 5.41) is 0.542. The highest BCUT2D eigenvalue weighted by Crippen LogP contribution is 2.14. The molecule has 0 fully saturated rings. The number of nitrogens with zero attached hydrogens (tertiary/aromatic N) is 2. The fourth-order valence-corrected chi connectivity index (χ4v) is 1.40. The van der Waals surface area contributed by atoms with Gasteiger partial charge in [0.05, 0.1) is 11.3 Å². The maximum atomic E-state index is 11.3. The summed E-state index contributed by atoms with van der Waals surface area (Å²) in [6.07, 6.45) is 3.62. The Morgan fingerprint density at radius 1 is 1.46 bits per heavy atom. The minimum Gasteiger partial charge on any atom is -0.267 e. The van der Waals surface area contributed by atoms with Crippen molar-refractivity contribution in [3.8, 4) is 0 Å². The van der Waals surface area contributed by atoms with Gasteiger partial charge in [0.1, 0.15) is 0 Å². The number of thioether (sulfide) groups is 1. The van der Waals surface area contributed by atoms with Crippen LogP contribution in [-0.2, 0) is 4.79 Å². The zero-order chi connectivity index (χ0) is 9.84. The minimum absolute atomic E-state index is 0.247. The fraction of sp³-hybridized carbons (Fsp3) is 0.444. The van der Waals surface area contributed by atoms with E-state index in [9.17, 15) is 4.79 Å². The van der Waals surface area contributed by atoms with Crippen molar-refractivity contribution in [3.05, 3.63) is 12.2 Å². The van der Waals surface area contributed by atoms with E-state index in [1.54, 1.807) is 0 Å². The van der Waals surface area contributed by atoms with E-state index in [0.29, 0.717) is 10.7 Å². The average molecular weight is 196 g/mol. The van der Waals surface area contributed by atoms with E-state index in [1.165, 1.54) is 11.8 Å². The minimum atomic E-state index is -0.247. The van der Waals surface area contributed by atoms with Crippen molar-refractivity contribution in [1.82, 2.24) is 0 Å². The van der Waals surface area contributed by atoms with Crippen LogP contribution in [0.5, 0.6) is 0 Å². The molecule has 0 saturated carbocycles. The highest BCUT2D eigenvalue weighted by atomic mass is 32.2. The van der Waals surface area contributed by atoms with Gasteiger partial charge in [-0.2, -0.15) is 4.99 Å². The lowest BCUT2D eigenvalue weighted by Crippen LogP contribution is -2.17. The van der Waals surface area contributed by atoms with Crippen LogP contribution >= 0.6 is 11.8 Å². The molecule has 1 aliphatic heterocycles. The first kappa shape index (κ1) is 10.2. The van der Waals surface area contributed by atoms with Crippen LogP contribution in [0.25, 0.3) is 0 Å². The Bertz CT molecular complexity index is 305. The second-order valence-electron chi connectivity index (χ2n) is 2.69. The summed E-state index contributed by atoms with van der Waals surface area (Å²) in [7, 11) is 0. The zero-order valence-corrected chi connectivity index (χ0v) is 8.65. The van der Waals surface area contributed by atoms with E-state index in [2.05, 4.69) is 16.6 Å². The van der Waals surface area contributed by atoms with Crippen molar-refractivity contribution in [2.75, 3.05) is 6.26 Å². The third kappa shape index (κ3) is 2.28. The highest BCUT2D eigenvalue weighted by Gasteiger charge is 2.18. The normalized spacial score (nSPS) is 17.1. The van der Waals surface area contributed by atoms with Crippen molar-refractivity contribution in [1.29, 1.82) is 0 Å². The fourth-order valence-electron chi connectivity index (χ4n) is 1.02. The molecule has 0 aromatic rings. The standard InChI is InChI=1S/C9H12N2OS/c1-4-5-7-6(2)8(12)11-9(10-7)13-3/h2,4-5H2,1,3H3. The van der Waals surface area contributed by atoms with Crippen LogP contribution in [0.2, 0.25) is 0 Å². The van der Waals surface area contributed by atoms with Crippen LogP contribution in [0.15, 0.2) is 22.1 Å². The average Bonchev–Trinajstić information content (AvgIpc) is 2.13. The summed E-state index contributed by atoms with van der Waals surface area (Å²) in [4.78, 5) is 19.3. The number of hydrogen-bond acceptors (Lipinski definition) is 3. The van der Waals surface area contributed by atoms with Crippen LogP contribution in [0.1, 0.15) is 19.8 Å². The SMILES string of the molecule is C=C1C(=O)N=C(SC)N=C1CCC. The van der Waals surface area contributed by atoms with Gasteiger partial charge in [-0.15, -0.1) is 0 Å². The van der Waals surface area contributed by atoms with Crippen molar-refractivity contribution in [2.45, 2.75) is 19.8 Å². The van der Waals surface area contributed by atoms with Gasteiger partial charge < -0.3 is 0 Å². The predicted octanol–water partition coefficient (Wildman–Crippen LogP) is 2.04. The molecule has 0 bridgehead atoms. The molecule has 0 N–H and O–H groups in total. The van der Waals surface area contributed by atoms with Crippen molar-refractivity contribution < 1.29 is 4.79 Å². The van der Waals surface area contributed by atoms with Gasteiger partial charge in [-0.25, -0.2) is 4.99 Å². The van der Waals surface area contributed by atoms with Gasteiger partial charge in [0, 0.05) is 0 Å². The van der Waals surface area contributed by atoms with Gasteiger partial charge in [0.25, 0.3) is 5.91 Å². The number of carbonyl (C=O) groups excluding carboxylic acids is 1. The van der Waals surface area contributed by atoms with Gasteiger partial charge in [0.15, 0.2) is 5.17 Å². The molecule has 0 aromatic carbocycles. The smallest absolute Gasteiger partial charge is 0.267 e. The molecule has 0 atom stereocenters. The molecule has 70 valence electrons. The van der Waals surface area contributed by atoms with Gasteiger partial charge in [-0.1, -0.05) is 31.7 Å². The van der Waals surface area contributed by atoms with E-state index in [0.717, 1.165) is 18.6 Å². The van der Waals surface area contributed by atoms with Gasteiger partial charge >= 0.3 is 0 Å². The Hall–Kier alpha value is -0.900. The molecule has 1 heterocycles. The second kappa shape index (κ2) is 4.37. The van der Waals surface area contributed by atoms with E-state index in [-0.39, 0.29) is 5.91 Å². The molecule has 13 heavy (non-hydrogen) atoms. The predicted molar refractivity (Wildman–Crippen MR) is 57.4 cm³/mol. The molecule has 0 unspecified atom stereocenters. The summed E-state index contributed by atoms with van der Waals surface area (Å²) >= 11 is 1.38. The molecule has 0 aromatic heterocycles. The van der Waals surface area contributed by atoms with Crippen molar-refractivity contribution >= 4 is 28.5 Å². The first-order chi connectivity index (χ1) is 6.19. The zero-order valence-electron chi connectivity index (χ0n) is 7.83. The maximum Gasteiger partial charge on any atom is 0.280 e. The monoisotopic (exact) mass is 196 g/mol. The lowest BCUT2D eigenvalue weighted by atomic mass is 10.1. The maximum absolute atomic E-state index is 11.3. The van der Waals surface area contributed by atoms with E-state index in [4.69, 9.17) is 0 Å². The number of aliphatic imine (C=N–C) groups is 2. The topological polar surface area (TPSA) is 41.8 Å². The number of amidine groups is 1. The molecule has 4 heteroatoms. The third-order valence-corrected chi connectivity index (χ3v) is 2.25. The van der Waals surface area contributed by atoms with Gasteiger partial charge in [0.2, 0.25) is 0 Å². The Kier molecular flexibility index (Phi) is 3.42. The Labute approximate surface area is 82.0 Å². The quantitative estimate of drug-likeness (QED) is 0.634. The van der Waals surface area contributed by atoms with E-state index in [1.807, 2.05) is 13.2 Å². The molecular weight excluding hydrogens is 184 g/mol. The number of hydrogen-bond donors (Lipinski definition) is 0. The Morgan fingerprint density at radius 2 is 2.15 bits per heavy atom. The first-order valence-electron chi connectivity index (χ1n) is 4.13. The molecule has 1 rings (SSSR count). The second-order valence-corrected chi connectivity index (χ2v) is 3.46. The van der Waals surface area contributed by atoms with E-state index < -0.39 is 0 Å². The van der Waals surface area contributed by atoms with Crippen LogP contribution in [-0.4, -0.2) is 23.0 Å².